The third kappa shape index (κ3) is 5.40. The zero-order chi connectivity index (χ0) is 13.4. The first-order chi connectivity index (χ1) is 8.59. The first-order valence-electron chi connectivity index (χ1n) is 5.80. The van der Waals surface area contributed by atoms with Crippen molar-refractivity contribution in [2.24, 2.45) is 11.5 Å². The van der Waals surface area contributed by atoms with E-state index in [0.29, 0.717) is 6.54 Å². The second-order valence-electron chi connectivity index (χ2n) is 4.01. The van der Waals surface area contributed by atoms with Crippen LogP contribution in [-0.4, -0.2) is 29.4 Å². The van der Waals surface area contributed by atoms with Crippen LogP contribution in [0, 0.1) is 0 Å². The Morgan fingerprint density at radius 2 is 2.00 bits per heavy atom. The number of nitrogens with one attached hydrogen (secondary N) is 1. The molecule has 18 heavy (non-hydrogen) atoms. The average Bonchev–Trinajstić information content (AvgIpc) is 2.37. The number of amides is 2. The van der Waals surface area contributed by atoms with Gasteiger partial charge in [-0.2, -0.15) is 0 Å². The number of rotatable bonds is 7. The van der Waals surface area contributed by atoms with Crippen molar-refractivity contribution in [1.29, 1.82) is 0 Å². The fraction of sp³-hybridized carbons (Fsp3) is 0.417. The molecule has 0 aromatic carbocycles. The molecule has 5 N–H and O–H groups in total. The largest absolute Gasteiger partial charge is 0.370 e. The number of carbonyl (C=O) groups excluding carboxylic acids is 2. The minimum Gasteiger partial charge on any atom is -0.370 e. The maximum Gasteiger partial charge on any atom is 0.236 e. The van der Waals surface area contributed by atoms with Crippen LogP contribution >= 0.6 is 0 Å². The molecule has 0 saturated heterocycles. The maximum absolute atomic E-state index is 11.5. The number of pyridine rings is 1. The fourth-order valence-corrected chi connectivity index (χ4v) is 1.44. The van der Waals surface area contributed by atoms with Crippen LogP contribution in [0.2, 0.25) is 0 Å². The van der Waals surface area contributed by atoms with Gasteiger partial charge in [-0.25, -0.2) is 0 Å². The molecule has 6 heteroatoms. The van der Waals surface area contributed by atoms with Crippen molar-refractivity contribution >= 4 is 11.8 Å². The molecule has 2 amide bonds. The molecule has 1 aromatic rings. The highest BCUT2D eigenvalue weighted by molar-refractivity contribution is 5.82. The highest BCUT2D eigenvalue weighted by Crippen LogP contribution is 1.97. The van der Waals surface area contributed by atoms with Crippen LogP contribution in [-0.2, 0) is 16.0 Å². The van der Waals surface area contributed by atoms with Crippen LogP contribution in [0.25, 0.3) is 0 Å². The standard InChI is InChI=1S/C12H18N4O2/c13-10(1-2-11(14)17)12(18)16-8-5-9-3-6-15-7-4-9/h3-4,6-7,10H,1-2,5,8,13H2,(H2,14,17)(H,16,18). The molecule has 0 saturated carbocycles. The topological polar surface area (TPSA) is 111 Å². The van der Waals surface area contributed by atoms with E-state index in [1.54, 1.807) is 12.4 Å². The third-order valence-corrected chi connectivity index (χ3v) is 2.50. The van der Waals surface area contributed by atoms with Gasteiger partial charge in [0.1, 0.15) is 0 Å². The first kappa shape index (κ1) is 14.1. The highest BCUT2D eigenvalue weighted by Gasteiger charge is 2.13. The molecule has 1 aromatic heterocycles. The van der Waals surface area contributed by atoms with Gasteiger partial charge in [0.15, 0.2) is 0 Å². The number of aromatic nitrogens is 1. The number of hydrogen-bond acceptors (Lipinski definition) is 4. The summed E-state index contributed by atoms with van der Waals surface area (Å²) in [4.78, 5) is 26.0. The summed E-state index contributed by atoms with van der Waals surface area (Å²) < 4.78 is 0. The van der Waals surface area contributed by atoms with Crippen molar-refractivity contribution in [1.82, 2.24) is 10.3 Å². The minimum absolute atomic E-state index is 0.124. The summed E-state index contributed by atoms with van der Waals surface area (Å²) in [6, 6.07) is 3.09. The van der Waals surface area contributed by atoms with Gasteiger partial charge in [-0.15, -0.1) is 0 Å². The van der Waals surface area contributed by atoms with Crippen LogP contribution < -0.4 is 16.8 Å². The Bertz CT molecular complexity index is 394. The van der Waals surface area contributed by atoms with Crippen LogP contribution in [0.3, 0.4) is 0 Å². The molecule has 6 nitrogen and oxygen atoms in total. The van der Waals surface area contributed by atoms with Gasteiger partial charge in [-0.3, -0.25) is 14.6 Å². The number of nitrogens with zero attached hydrogens (tertiary/aromatic N) is 1. The van der Waals surface area contributed by atoms with Crippen LogP contribution in [0.1, 0.15) is 18.4 Å². The molecule has 1 rings (SSSR count). The van der Waals surface area contributed by atoms with Gasteiger partial charge in [0.05, 0.1) is 6.04 Å². The quantitative estimate of drug-likeness (QED) is 0.596. The predicted molar refractivity (Wildman–Crippen MR) is 67.4 cm³/mol. The van der Waals surface area contributed by atoms with Crippen molar-refractivity contribution in [2.45, 2.75) is 25.3 Å². The van der Waals surface area contributed by atoms with Gasteiger partial charge in [0, 0.05) is 25.4 Å². The van der Waals surface area contributed by atoms with Crippen molar-refractivity contribution < 1.29 is 9.59 Å². The highest BCUT2D eigenvalue weighted by atomic mass is 16.2. The predicted octanol–water partition coefficient (Wildman–Crippen LogP) is -0.667. The Morgan fingerprint density at radius 3 is 2.61 bits per heavy atom. The monoisotopic (exact) mass is 250 g/mol. The van der Waals surface area contributed by atoms with Gasteiger partial charge in [0.2, 0.25) is 11.8 Å². The van der Waals surface area contributed by atoms with Crippen molar-refractivity contribution in [3.8, 4) is 0 Å². The lowest BCUT2D eigenvalue weighted by molar-refractivity contribution is -0.122. The third-order valence-electron chi connectivity index (χ3n) is 2.50. The molecular weight excluding hydrogens is 232 g/mol. The maximum atomic E-state index is 11.5. The number of carbonyl (C=O) groups is 2. The zero-order valence-electron chi connectivity index (χ0n) is 10.1. The van der Waals surface area contributed by atoms with E-state index in [1.807, 2.05) is 12.1 Å². The molecule has 1 atom stereocenters. The Kier molecular flexibility index (Phi) is 5.79. The molecule has 98 valence electrons. The summed E-state index contributed by atoms with van der Waals surface area (Å²) in [5.74, 6) is -0.708. The molecule has 0 fully saturated rings. The molecule has 0 aliphatic carbocycles. The van der Waals surface area contributed by atoms with Crippen LogP contribution in [0.4, 0.5) is 0 Å². The summed E-state index contributed by atoms with van der Waals surface area (Å²) in [6.45, 7) is 0.507. The molecule has 0 aliphatic rings. The van der Waals surface area contributed by atoms with E-state index >= 15 is 0 Å². The summed E-state index contributed by atoms with van der Waals surface area (Å²) >= 11 is 0. The lowest BCUT2D eigenvalue weighted by Gasteiger charge is -2.11. The molecule has 0 spiro atoms. The Hall–Kier alpha value is -1.95. The van der Waals surface area contributed by atoms with E-state index in [-0.39, 0.29) is 18.7 Å². The lowest BCUT2D eigenvalue weighted by atomic mass is 10.1. The molecular formula is C12H18N4O2. The van der Waals surface area contributed by atoms with E-state index in [2.05, 4.69) is 10.3 Å². The fourth-order valence-electron chi connectivity index (χ4n) is 1.44. The summed E-state index contributed by atoms with van der Waals surface area (Å²) in [6.07, 6.45) is 4.53. The van der Waals surface area contributed by atoms with Gasteiger partial charge < -0.3 is 16.8 Å². The molecule has 0 bridgehead atoms. The van der Waals surface area contributed by atoms with Crippen LogP contribution in [0.5, 0.6) is 0 Å². The molecule has 0 radical (unpaired) electrons. The van der Waals surface area contributed by atoms with E-state index in [4.69, 9.17) is 11.5 Å². The minimum atomic E-state index is -0.685. The summed E-state index contributed by atoms with van der Waals surface area (Å²) in [5.41, 5.74) is 11.7. The Labute approximate surface area is 106 Å². The van der Waals surface area contributed by atoms with Crippen molar-refractivity contribution in [3.63, 3.8) is 0 Å². The molecule has 1 heterocycles. The van der Waals surface area contributed by atoms with Crippen LogP contribution in [0.15, 0.2) is 24.5 Å². The van der Waals surface area contributed by atoms with Gasteiger partial charge in [-0.1, -0.05) is 0 Å². The van der Waals surface area contributed by atoms with E-state index < -0.39 is 11.9 Å². The van der Waals surface area contributed by atoms with E-state index in [1.165, 1.54) is 0 Å². The summed E-state index contributed by atoms with van der Waals surface area (Å²) in [7, 11) is 0. The number of hydrogen-bond donors (Lipinski definition) is 3. The van der Waals surface area contributed by atoms with E-state index in [0.717, 1.165) is 12.0 Å². The second-order valence-corrected chi connectivity index (χ2v) is 4.01. The number of nitrogens with two attached hydrogens (primary N) is 2. The molecule has 1 unspecified atom stereocenters. The zero-order valence-corrected chi connectivity index (χ0v) is 10.1. The molecule has 0 aliphatic heterocycles. The normalized spacial score (nSPS) is 11.8. The van der Waals surface area contributed by atoms with Gasteiger partial charge in [0.25, 0.3) is 0 Å². The van der Waals surface area contributed by atoms with Crippen molar-refractivity contribution in [2.75, 3.05) is 6.54 Å². The number of primary amides is 1. The van der Waals surface area contributed by atoms with Crippen molar-refractivity contribution in [3.05, 3.63) is 30.1 Å². The lowest BCUT2D eigenvalue weighted by Crippen LogP contribution is -2.41. The second kappa shape index (κ2) is 7.39. The van der Waals surface area contributed by atoms with E-state index in [9.17, 15) is 9.59 Å². The average molecular weight is 250 g/mol. The SMILES string of the molecule is NC(=O)CCC(N)C(=O)NCCc1ccncc1. The smallest absolute Gasteiger partial charge is 0.236 e. The Morgan fingerprint density at radius 1 is 1.33 bits per heavy atom. The first-order valence-corrected chi connectivity index (χ1v) is 5.80. The van der Waals surface area contributed by atoms with Gasteiger partial charge >= 0.3 is 0 Å². The summed E-state index contributed by atoms with van der Waals surface area (Å²) in [5, 5.41) is 2.72. The Balaban J connectivity index is 2.22. The van der Waals surface area contributed by atoms with Gasteiger partial charge in [-0.05, 0) is 30.5 Å².